The van der Waals surface area contributed by atoms with Gasteiger partial charge in [0.15, 0.2) is 0 Å². The van der Waals surface area contributed by atoms with Crippen molar-refractivity contribution in [3.8, 4) is 0 Å². The molecule has 0 aliphatic carbocycles. The molecule has 2 rings (SSSR count). The summed E-state index contributed by atoms with van der Waals surface area (Å²) in [6.07, 6.45) is 5.84. The molecule has 94 valence electrons. The number of aromatic nitrogens is 2. The van der Waals surface area contributed by atoms with Gasteiger partial charge in [0, 0.05) is 18.6 Å². The largest absolute Gasteiger partial charge is 0.351 e. The van der Waals surface area contributed by atoms with Crippen LogP contribution in [0.2, 0.25) is 5.15 Å². The number of hydrogen-bond acceptors (Lipinski definition) is 4. The molecular weight excluding hydrogens is 236 g/mol. The molecule has 1 saturated heterocycles. The summed E-state index contributed by atoms with van der Waals surface area (Å²) >= 11 is 5.89. The molecule has 1 unspecified atom stereocenters. The van der Waals surface area contributed by atoms with Gasteiger partial charge < -0.3 is 10.2 Å². The Morgan fingerprint density at radius 2 is 2.35 bits per heavy atom. The summed E-state index contributed by atoms with van der Waals surface area (Å²) in [5, 5.41) is 3.95. The third-order valence-electron chi connectivity index (χ3n) is 3.09. The van der Waals surface area contributed by atoms with E-state index < -0.39 is 0 Å². The highest BCUT2D eigenvalue weighted by Crippen LogP contribution is 2.18. The van der Waals surface area contributed by atoms with Crippen LogP contribution in [0.15, 0.2) is 12.4 Å². The van der Waals surface area contributed by atoms with Crippen molar-refractivity contribution in [3.05, 3.63) is 17.5 Å². The smallest absolute Gasteiger partial charge is 0.149 e. The number of hydrogen-bond donors (Lipinski definition) is 1. The predicted octanol–water partition coefficient (Wildman–Crippen LogP) is 2.10. The maximum atomic E-state index is 5.89. The Labute approximate surface area is 107 Å². The van der Waals surface area contributed by atoms with Gasteiger partial charge in [0.2, 0.25) is 0 Å². The summed E-state index contributed by atoms with van der Waals surface area (Å²) in [7, 11) is 0. The molecule has 0 saturated carbocycles. The Bertz CT molecular complexity index is 363. The molecule has 0 radical (unpaired) electrons. The van der Waals surface area contributed by atoms with Gasteiger partial charge in [0.05, 0.1) is 12.4 Å². The highest BCUT2D eigenvalue weighted by atomic mass is 35.5. The summed E-state index contributed by atoms with van der Waals surface area (Å²) in [6.45, 7) is 6.42. The SMILES string of the molecule is CC(C)N(CC1CCCN1)c1cncc(Cl)n1. The van der Waals surface area contributed by atoms with E-state index in [0.717, 1.165) is 18.9 Å². The van der Waals surface area contributed by atoms with Crippen LogP contribution in [-0.4, -0.2) is 35.1 Å². The van der Waals surface area contributed by atoms with Gasteiger partial charge in [-0.25, -0.2) is 4.98 Å². The molecule has 0 bridgehead atoms. The molecule has 1 aliphatic heterocycles. The fourth-order valence-corrected chi connectivity index (χ4v) is 2.33. The Hall–Kier alpha value is -0.870. The molecule has 0 spiro atoms. The number of halogens is 1. The Kier molecular flexibility index (Phi) is 4.18. The maximum Gasteiger partial charge on any atom is 0.149 e. The highest BCUT2D eigenvalue weighted by molar-refractivity contribution is 6.29. The van der Waals surface area contributed by atoms with Gasteiger partial charge in [0.25, 0.3) is 0 Å². The summed E-state index contributed by atoms with van der Waals surface area (Å²) in [6, 6.07) is 0.948. The van der Waals surface area contributed by atoms with Crippen LogP contribution in [-0.2, 0) is 0 Å². The van der Waals surface area contributed by atoms with E-state index in [1.165, 1.54) is 12.8 Å². The monoisotopic (exact) mass is 254 g/mol. The van der Waals surface area contributed by atoms with E-state index in [1.807, 2.05) is 0 Å². The fourth-order valence-electron chi connectivity index (χ4n) is 2.19. The van der Waals surface area contributed by atoms with Crippen molar-refractivity contribution in [1.82, 2.24) is 15.3 Å². The van der Waals surface area contributed by atoms with Crippen LogP contribution >= 0.6 is 11.6 Å². The van der Waals surface area contributed by atoms with E-state index in [0.29, 0.717) is 17.2 Å². The zero-order valence-electron chi connectivity index (χ0n) is 10.4. The number of rotatable bonds is 4. The van der Waals surface area contributed by atoms with Gasteiger partial charge in [-0.1, -0.05) is 11.6 Å². The second-order valence-corrected chi connectivity index (χ2v) is 5.13. The second kappa shape index (κ2) is 5.65. The third-order valence-corrected chi connectivity index (χ3v) is 3.27. The third kappa shape index (κ3) is 3.30. The molecule has 0 amide bonds. The molecule has 17 heavy (non-hydrogen) atoms. The average molecular weight is 255 g/mol. The summed E-state index contributed by atoms with van der Waals surface area (Å²) < 4.78 is 0. The molecule has 2 heterocycles. The minimum absolute atomic E-state index is 0.394. The van der Waals surface area contributed by atoms with Crippen molar-refractivity contribution in [3.63, 3.8) is 0 Å². The first kappa shape index (κ1) is 12.6. The molecule has 1 aromatic heterocycles. The number of nitrogens with zero attached hydrogens (tertiary/aromatic N) is 3. The molecule has 1 fully saturated rings. The fraction of sp³-hybridized carbons (Fsp3) is 0.667. The van der Waals surface area contributed by atoms with E-state index in [1.54, 1.807) is 12.4 Å². The van der Waals surface area contributed by atoms with Crippen LogP contribution in [0, 0.1) is 0 Å². The first-order chi connectivity index (χ1) is 8.16. The Morgan fingerprint density at radius 3 is 2.94 bits per heavy atom. The standard InChI is InChI=1S/C12H19ClN4/c1-9(2)17(8-10-4-3-5-15-10)12-7-14-6-11(13)16-12/h6-7,9-10,15H,3-5,8H2,1-2H3. The molecule has 0 aromatic carbocycles. The first-order valence-electron chi connectivity index (χ1n) is 6.14. The van der Waals surface area contributed by atoms with Gasteiger partial charge in [-0.2, -0.15) is 0 Å². The van der Waals surface area contributed by atoms with Crippen molar-refractivity contribution in [1.29, 1.82) is 0 Å². The lowest BCUT2D eigenvalue weighted by molar-refractivity contribution is 0.548. The Morgan fingerprint density at radius 1 is 1.53 bits per heavy atom. The molecule has 1 aromatic rings. The van der Waals surface area contributed by atoms with Crippen LogP contribution < -0.4 is 10.2 Å². The van der Waals surface area contributed by atoms with Gasteiger partial charge in [0.1, 0.15) is 11.0 Å². The highest BCUT2D eigenvalue weighted by Gasteiger charge is 2.21. The predicted molar refractivity (Wildman–Crippen MR) is 70.5 cm³/mol. The zero-order chi connectivity index (χ0) is 12.3. The van der Waals surface area contributed by atoms with Crippen molar-refractivity contribution in [2.75, 3.05) is 18.0 Å². The molecule has 4 nitrogen and oxygen atoms in total. The minimum Gasteiger partial charge on any atom is -0.351 e. The van der Waals surface area contributed by atoms with E-state index in [9.17, 15) is 0 Å². The summed E-state index contributed by atoms with van der Waals surface area (Å²) in [5.74, 6) is 0.862. The molecule has 1 atom stereocenters. The summed E-state index contributed by atoms with van der Waals surface area (Å²) in [5.41, 5.74) is 0. The number of anilines is 1. The average Bonchev–Trinajstić information content (AvgIpc) is 2.78. The van der Waals surface area contributed by atoms with Gasteiger partial charge in [-0.05, 0) is 33.2 Å². The van der Waals surface area contributed by atoms with E-state index >= 15 is 0 Å². The normalized spacial score (nSPS) is 19.9. The number of nitrogens with one attached hydrogen (secondary N) is 1. The van der Waals surface area contributed by atoms with Crippen molar-refractivity contribution in [2.45, 2.75) is 38.8 Å². The van der Waals surface area contributed by atoms with Crippen molar-refractivity contribution >= 4 is 17.4 Å². The molecule has 1 aliphatic rings. The van der Waals surface area contributed by atoms with Crippen molar-refractivity contribution in [2.24, 2.45) is 0 Å². The summed E-state index contributed by atoms with van der Waals surface area (Å²) in [4.78, 5) is 10.7. The van der Waals surface area contributed by atoms with Gasteiger partial charge in [-0.3, -0.25) is 4.98 Å². The van der Waals surface area contributed by atoms with Crippen LogP contribution in [0.4, 0.5) is 5.82 Å². The van der Waals surface area contributed by atoms with E-state index in [-0.39, 0.29) is 0 Å². The van der Waals surface area contributed by atoms with Gasteiger partial charge in [-0.15, -0.1) is 0 Å². The first-order valence-corrected chi connectivity index (χ1v) is 6.52. The van der Waals surface area contributed by atoms with E-state index in [4.69, 9.17) is 11.6 Å². The quantitative estimate of drug-likeness (QED) is 0.894. The lowest BCUT2D eigenvalue weighted by atomic mass is 10.2. The zero-order valence-corrected chi connectivity index (χ0v) is 11.1. The van der Waals surface area contributed by atoms with Crippen LogP contribution in [0.1, 0.15) is 26.7 Å². The second-order valence-electron chi connectivity index (χ2n) is 4.74. The van der Waals surface area contributed by atoms with Crippen molar-refractivity contribution < 1.29 is 0 Å². The molecule has 5 heteroatoms. The molecular formula is C12H19ClN4. The lowest BCUT2D eigenvalue weighted by Crippen LogP contribution is -2.41. The van der Waals surface area contributed by atoms with Crippen LogP contribution in [0.25, 0.3) is 0 Å². The Balaban J connectivity index is 2.10. The van der Waals surface area contributed by atoms with Crippen LogP contribution in [0.5, 0.6) is 0 Å². The van der Waals surface area contributed by atoms with E-state index in [2.05, 4.69) is 34.0 Å². The topological polar surface area (TPSA) is 41.0 Å². The van der Waals surface area contributed by atoms with Crippen LogP contribution in [0.3, 0.4) is 0 Å². The lowest BCUT2D eigenvalue weighted by Gasteiger charge is -2.30. The van der Waals surface area contributed by atoms with Gasteiger partial charge >= 0.3 is 0 Å². The maximum absolute atomic E-state index is 5.89. The minimum atomic E-state index is 0.394. The molecule has 1 N–H and O–H groups in total.